The van der Waals surface area contributed by atoms with Crippen molar-refractivity contribution in [2.45, 2.75) is 40.7 Å². The highest BCUT2D eigenvalue weighted by atomic mass is 32.2. The molecule has 0 atom stereocenters. The molecule has 2 heterocycles. The normalized spacial score (nSPS) is 15.5. The van der Waals surface area contributed by atoms with Crippen molar-refractivity contribution in [2.75, 3.05) is 18.4 Å². The second-order valence-electron chi connectivity index (χ2n) is 9.04. The number of anilines is 1. The van der Waals surface area contributed by atoms with Crippen LogP contribution in [0, 0.1) is 0 Å². The number of hydrogen-bond donors (Lipinski definition) is 3. The predicted octanol–water partition coefficient (Wildman–Crippen LogP) is 2.86. The second kappa shape index (κ2) is 11.4. The summed E-state index contributed by atoms with van der Waals surface area (Å²) in [4.78, 5) is 25.5. The number of aromatic nitrogens is 1. The summed E-state index contributed by atoms with van der Waals surface area (Å²) in [5, 5.41) is 5.60. The number of carbonyl (C=O) groups is 1. The Balaban J connectivity index is 1.34. The summed E-state index contributed by atoms with van der Waals surface area (Å²) in [6, 6.07) is 13.0. The molecule has 214 valence electrons. The highest BCUT2D eigenvalue weighted by molar-refractivity contribution is 7.92. The van der Waals surface area contributed by atoms with Crippen molar-refractivity contribution in [3.05, 3.63) is 88.3 Å². The van der Waals surface area contributed by atoms with E-state index in [1.807, 2.05) is 0 Å². The summed E-state index contributed by atoms with van der Waals surface area (Å²) in [6.07, 6.45) is 2.10. The van der Waals surface area contributed by atoms with Crippen molar-refractivity contribution in [1.82, 2.24) is 14.6 Å². The summed E-state index contributed by atoms with van der Waals surface area (Å²) in [7, 11) is -9.32. The molecule has 1 aliphatic heterocycles. The van der Waals surface area contributed by atoms with Gasteiger partial charge in [-0.25, -0.2) is 16.8 Å². The first-order valence-electron chi connectivity index (χ1n) is 12.0. The number of aromatic amines is 1. The molecular weight excluding hydrogens is 573 g/mol. The van der Waals surface area contributed by atoms with Gasteiger partial charge in [0.15, 0.2) is 0 Å². The van der Waals surface area contributed by atoms with Crippen LogP contribution in [0.3, 0.4) is 0 Å². The van der Waals surface area contributed by atoms with Crippen LogP contribution in [0.5, 0.6) is 0 Å². The van der Waals surface area contributed by atoms with Crippen molar-refractivity contribution in [1.29, 1.82) is 0 Å². The highest BCUT2D eigenvalue weighted by Gasteiger charge is 2.47. The monoisotopic (exact) mass is 598 g/mol. The molecule has 3 aromatic rings. The third-order valence-electron chi connectivity index (χ3n) is 6.35. The standard InChI is InChI=1S/C25H25F3N4O6S2/c26-25(27,28)39(35,36)21-4-1-3-19(15-21)31-18-10-13-32(14-11-18)40(37,38)20-8-6-17(7-9-20)16-30-24(34)22-5-2-12-29-23(22)33/h1-9,12,15,18,31H,10-11,13-14,16H2,(H,29,33)(H,30,34). The molecule has 0 aliphatic carbocycles. The maximum absolute atomic E-state index is 13.1. The Morgan fingerprint density at radius 1 is 0.950 bits per heavy atom. The number of benzene rings is 2. The van der Waals surface area contributed by atoms with Crippen LogP contribution in [0.2, 0.25) is 0 Å². The van der Waals surface area contributed by atoms with Gasteiger partial charge in [0.2, 0.25) is 10.0 Å². The Morgan fingerprint density at radius 3 is 2.25 bits per heavy atom. The van der Waals surface area contributed by atoms with Gasteiger partial charge in [-0.3, -0.25) is 9.59 Å². The highest BCUT2D eigenvalue weighted by Crippen LogP contribution is 2.32. The van der Waals surface area contributed by atoms with Crippen LogP contribution in [0.15, 0.2) is 81.4 Å². The molecule has 1 aromatic heterocycles. The van der Waals surface area contributed by atoms with Gasteiger partial charge in [-0.05, 0) is 60.9 Å². The number of piperidine rings is 1. The summed E-state index contributed by atoms with van der Waals surface area (Å²) < 4.78 is 89.6. The van der Waals surface area contributed by atoms with Gasteiger partial charge in [0, 0.05) is 37.6 Å². The number of sulfone groups is 1. The van der Waals surface area contributed by atoms with Crippen LogP contribution in [0.1, 0.15) is 28.8 Å². The van der Waals surface area contributed by atoms with Crippen molar-refractivity contribution in [3.63, 3.8) is 0 Å². The summed E-state index contributed by atoms with van der Waals surface area (Å²) in [5.41, 5.74) is -5.18. The minimum absolute atomic E-state index is 0.0429. The van der Waals surface area contributed by atoms with Crippen LogP contribution < -0.4 is 16.2 Å². The molecule has 0 bridgehead atoms. The number of carbonyl (C=O) groups excluding carboxylic acids is 1. The molecule has 0 unspecified atom stereocenters. The summed E-state index contributed by atoms with van der Waals surface area (Å²) in [6.45, 7) is 0.365. The Labute approximate surface area is 228 Å². The molecular formula is C25H25F3N4O6S2. The van der Waals surface area contributed by atoms with Crippen LogP contribution in [-0.2, 0) is 26.4 Å². The molecule has 0 saturated carbocycles. The molecule has 2 aromatic carbocycles. The van der Waals surface area contributed by atoms with Gasteiger partial charge in [0.05, 0.1) is 9.79 Å². The van der Waals surface area contributed by atoms with Crippen LogP contribution in [0.25, 0.3) is 0 Å². The number of pyridine rings is 1. The number of alkyl halides is 3. The number of nitrogens with one attached hydrogen (secondary N) is 3. The number of sulfonamides is 1. The minimum atomic E-state index is -5.49. The number of nitrogens with zero attached hydrogens (tertiary/aromatic N) is 1. The smallest absolute Gasteiger partial charge is 0.382 e. The lowest BCUT2D eigenvalue weighted by molar-refractivity contribution is -0.0436. The quantitative estimate of drug-likeness (QED) is 0.362. The van der Waals surface area contributed by atoms with Gasteiger partial charge in [-0.15, -0.1) is 0 Å². The molecule has 0 spiro atoms. The van der Waals surface area contributed by atoms with E-state index in [9.17, 15) is 39.6 Å². The molecule has 0 radical (unpaired) electrons. The third kappa shape index (κ3) is 6.37. The van der Waals surface area contributed by atoms with E-state index >= 15 is 0 Å². The van der Waals surface area contributed by atoms with Gasteiger partial charge >= 0.3 is 5.51 Å². The molecule has 3 N–H and O–H groups in total. The second-order valence-corrected chi connectivity index (χ2v) is 12.9. The van der Waals surface area contributed by atoms with Crippen LogP contribution in [-0.4, -0.2) is 56.7 Å². The van der Waals surface area contributed by atoms with Gasteiger partial charge in [-0.1, -0.05) is 18.2 Å². The maximum atomic E-state index is 13.1. The third-order valence-corrected chi connectivity index (χ3v) is 9.75. The molecule has 15 heteroatoms. The average Bonchev–Trinajstić information content (AvgIpc) is 2.92. The zero-order chi connectivity index (χ0) is 29.1. The van der Waals surface area contributed by atoms with Crippen LogP contribution in [0.4, 0.5) is 18.9 Å². The Morgan fingerprint density at radius 2 is 1.62 bits per heavy atom. The first-order valence-corrected chi connectivity index (χ1v) is 14.9. The molecule has 1 aliphatic rings. The number of hydrogen-bond acceptors (Lipinski definition) is 7. The number of amides is 1. The molecule has 4 rings (SSSR count). The Hall–Kier alpha value is -3.69. The van der Waals surface area contributed by atoms with E-state index in [2.05, 4.69) is 15.6 Å². The van der Waals surface area contributed by atoms with Crippen molar-refractivity contribution < 1.29 is 34.8 Å². The topological polar surface area (TPSA) is 146 Å². The zero-order valence-electron chi connectivity index (χ0n) is 20.8. The van der Waals surface area contributed by atoms with E-state index in [4.69, 9.17) is 0 Å². The molecule has 40 heavy (non-hydrogen) atoms. The lowest BCUT2D eigenvalue weighted by atomic mass is 10.1. The van der Waals surface area contributed by atoms with Gasteiger partial charge in [0.25, 0.3) is 21.3 Å². The van der Waals surface area contributed by atoms with Gasteiger partial charge in [-0.2, -0.15) is 17.5 Å². The fourth-order valence-corrected chi connectivity index (χ4v) is 6.45. The van der Waals surface area contributed by atoms with E-state index in [-0.39, 0.29) is 41.8 Å². The van der Waals surface area contributed by atoms with Crippen molar-refractivity contribution in [2.24, 2.45) is 0 Å². The SMILES string of the molecule is O=C(NCc1ccc(S(=O)(=O)N2CCC(Nc3cccc(S(=O)(=O)C(F)(F)F)c3)CC2)cc1)c1ccc[nH]c1=O. The first-order chi connectivity index (χ1) is 18.8. The minimum Gasteiger partial charge on any atom is -0.382 e. The van der Waals surface area contributed by atoms with Gasteiger partial charge < -0.3 is 15.6 Å². The van der Waals surface area contributed by atoms with E-state index in [1.165, 1.54) is 46.9 Å². The fourth-order valence-electron chi connectivity index (χ4n) is 4.17. The molecule has 10 nitrogen and oxygen atoms in total. The lowest BCUT2D eigenvalue weighted by Gasteiger charge is -2.32. The number of H-pyrrole nitrogens is 1. The summed E-state index contributed by atoms with van der Waals surface area (Å²) >= 11 is 0. The Kier molecular flexibility index (Phi) is 8.37. The zero-order valence-corrected chi connectivity index (χ0v) is 22.4. The average molecular weight is 599 g/mol. The predicted molar refractivity (Wildman–Crippen MR) is 140 cm³/mol. The largest absolute Gasteiger partial charge is 0.501 e. The van der Waals surface area contributed by atoms with E-state index in [0.29, 0.717) is 18.4 Å². The Bertz CT molecular complexity index is 1650. The lowest BCUT2D eigenvalue weighted by Crippen LogP contribution is -2.42. The fraction of sp³-hybridized carbons (Fsp3) is 0.280. The van der Waals surface area contributed by atoms with Gasteiger partial charge in [0.1, 0.15) is 5.56 Å². The van der Waals surface area contributed by atoms with Crippen molar-refractivity contribution in [3.8, 4) is 0 Å². The number of halogens is 3. The van der Waals surface area contributed by atoms with Crippen molar-refractivity contribution >= 4 is 31.5 Å². The first kappa shape index (κ1) is 29.3. The van der Waals surface area contributed by atoms with E-state index in [0.717, 1.165) is 12.1 Å². The van der Waals surface area contributed by atoms with E-state index in [1.54, 1.807) is 12.1 Å². The molecule has 1 fully saturated rings. The maximum Gasteiger partial charge on any atom is 0.501 e. The van der Waals surface area contributed by atoms with E-state index < -0.39 is 41.7 Å². The number of rotatable bonds is 8. The molecule has 1 saturated heterocycles. The molecule has 1 amide bonds. The summed E-state index contributed by atoms with van der Waals surface area (Å²) in [5.74, 6) is -0.566. The van der Waals surface area contributed by atoms with Crippen LogP contribution >= 0.6 is 0 Å².